The van der Waals surface area contributed by atoms with Gasteiger partial charge in [-0.25, -0.2) is 0 Å². The SMILES string of the molecule is Cc1ccnc(-c2noc(-c3ccc(N)c(C)c3)n2)c1. The van der Waals surface area contributed by atoms with Crippen molar-refractivity contribution >= 4 is 5.69 Å². The smallest absolute Gasteiger partial charge is 0.258 e. The number of hydrogen-bond acceptors (Lipinski definition) is 5. The number of nitrogens with two attached hydrogens (primary N) is 1. The molecule has 5 heteroatoms. The molecule has 3 aromatic rings. The number of aryl methyl sites for hydroxylation is 2. The van der Waals surface area contributed by atoms with Gasteiger partial charge in [-0.3, -0.25) is 4.98 Å². The van der Waals surface area contributed by atoms with Crippen LogP contribution in [-0.4, -0.2) is 15.1 Å². The van der Waals surface area contributed by atoms with Crippen LogP contribution in [0.15, 0.2) is 41.1 Å². The van der Waals surface area contributed by atoms with E-state index in [2.05, 4.69) is 15.1 Å². The third-order valence-corrected chi connectivity index (χ3v) is 3.09. The van der Waals surface area contributed by atoms with Gasteiger partial charge in [-0.15, -0.1) is 0 Å². The van der Waals surface area contributed by atoms with Crippen molar-refractivity contribution in [1.82, 2.24) is 15.1 Å². The molecule has 1 aromatic carbocycles. The Morgan fingerprint density at radius 3 is 2.70 bits per heavy atom. The lowest BCUT2D eigenvalue weighted by Crippen LogP contribution is -1.90. The van der Waals surface area contributed by atoms with Gasteiger partial charge in [0.1, 0.15) is 5.69 Å². The molecule has 20 heavy (non-hydrogen) atoms. The van der Waals surface area contributed by atoms with Crippen molar-refractivity contribution in [2.75, 3.05) is 5.73 Å². The zero-order chi connectivity index (χ0) is 14.1. The normalized spacial score (nSPS) is 10.7. The van der Waals surface area contributed by atoms with E-state index in [4.69, 9.17) is 10.3 Å². The Balaban J connectivity index is 1.99. The van der Waals surface area contributed by atoms with E-state index < -0.39 is 0 Å². The Bertz CT molecular complexity index is 764. The van der Waals surface area contributed by atoms with Crippen LogP contribution >= 0.6 is 0 Å². The van der Waals surface area contributed by atoms with Gasteiger partial charge in [-0.05, 0) is 55.3 Å². The fourth-order valence-corrected chi connectivity index (χ4v) is 1.91. The first-order chi connectivity index (χ1) is 9.63. The highest BCUT2D eigenvalue weighted by molar-refractivity contribution is 5.62. The molecule has 0 aliphatic heterocycles. The largest absolute Gasteiger partial charge is 0.399 e. The summed E-state index contributed by atoms with van der Waals surface area (Å²) in [5.74, 6) is 0.949. The van der Waals surface area contributed by atoms with Gasteiger partial charge in [0.25, 0.3) is 5.89 Å². The molecule has 0 radical (unpaired) electrons. The lowest BCUT2D eigenvalue weighted by molar-refractivity contribution is 0.432. The standard InChI is InChI=1S/C15H14N4O/c1-9-5-6-17-13(7-9)14-18-15(20-19-14)11-3-4-12(16)10(2)8-11/h3-8H,16H2,1-2H3. The van der Waals surface area contributed by atoms with Crippen molar-refractivity contribution in [1.29, 1.82) is 0 Å². The van der Waals surface area contributed by atoms with Crippen molar-refractivity contribution in [3.63, 3.8) is 0 Å². The van der Waals surface area contributed by atoms with Gasteiger partial charge in [0.15, 0.2) is 0 Å². The summed E-state index contributed by atoms with van der Waals surface area (Å²) in [6, 6.07) is 9.47. The van der Waals surface area contributed by atoms with E-state index >= 15 is 0 Å². The molecule has 0 saturated carbocycles. The number of rotatable bonds is 2. The molecule has 100 valence electrons. The average Bonchev–Trinajstić information content (AvgIpc) is 2.92. The van der Waals surface area contributed by atoms with Gasteiger partial charge in [-0.1, -0.05) is 5.16 Å². The summed E-state index contributed by atoms with van der Waals surface area (Å²) in [4.78, 5) is 8.63. The van der Waals surface area contributed by atoms with E-state index in [1.54, 1.807) is 6.20 Å². The van der Waals surface area contributed by atoms with Crippen LogP contribution in [0.3, 0.4) is 0 Å². The lowest BCUT2D eigenvalue weighted by Gasteiger charge is -2.00. The third kappa shape index (κ3) is 2.25. The van der Waals surface area contributed by atoms with Gasteiger partial charge in [-0.2, -0.15) is 4.98 Å². The second-order valence-corrected chi connectivity index (χ2v) is 4.71. The summed E-state index contributed by atoms with van der Waals surface area (Å²) < 4.78 is 5.30. The number of aromatic nitrogens is 3. The third-order valence-electron chi connectivity index (χ3n) is 3.09. The van der Waals surface area contributed by atoms with E-state index in [1.165, 1.54) is 0 Å². The predicted molar refractivity (Wildman–Crippen MR) is 76.9 cm³/mol. The summed E-state index contributed by atoms with van der Waals surface area (Å²) >= 11 is 0. The van der Waals surface area contributed by atoms with E-state index in [-0.39, 0.29) is 0 Å². The van der Waals surface area contributed by atoms with Crippen LogP contribution in [0.4, 0.5) is 5.69 Å². The highest BCUT2D eigenvalue weighted by Crippen LogP contribution is 2.24. The number of pyridine rings is 1. The van der Waals surface area contributed by atoms with Crippen LogP contribution in [-0.2, 0) is 0 Å². The molecule has 0 bridgehead atoms. The predicted octanol–water partition coefficient (Wildman–Crippen LogP) is 3.00. The highest BCUT2D eigenvalue weighted by Gasteiger charge is 2.12. The molecule has 2 heterocycles. The van der Waals surface area contributed by atoms with Gasteiger partial charge in [0.2, 0.25) is 5.82 Å². The van der Waals surface area contributed by atoms with Crippen molar-refractivity contribution in [2.45, 2.75) is 13.8 Å². The van der Waals surface area contributed by atoms with Gasteiger partial charge in [0, 0.05) is 17.4 Å². The number of hydrogen-bond donors (Lipinski definition) is 1. The number of benzene rings is 1. The van der Waals surface area contributed by atoms with Gasteiger partial charge < -0.3 is 10.3 Å². The Hall–Kier alpha value is -2.69. The molecule has 2 aromatic heterocycles. The molecule has 0 amide bonds. The number of anilines is 1. The number of nitrogen functional groups attached to an aromatic ring is 1. The molecule has 3 rings (SSSR count). The minimum Gasteiger partial charge on any atom is -0.399 e. The second-order valence-electron chi connectivity index (χ2n) is 4.71. The van der Waals surface area contributed by atoms with Crippen molar-refractivity contribution in [3.8, 4) is 23.0 Å². The first-order valence-corrected chi connectivity index (χ1v) is 6.27. The van der Waals surface area contributed by atoms with Crippen molar-refractivity contribution < 1.29 is 4.52 Å². The van der Waals surface area contributed by atoms with Crippen LogP contribution < -0.4 is 5.73 Å². The summed E-state index contributed by atoms with van der Waals surface area (Å²) in [6.45, 7) is 3.94. The molecule has 0 atom stereocenters. The first kappa shape index (κ1) is 12.3. The minimum atomic E-state index is 0.464. The second kappa shape index (κ2) is 4.77. The van der Waals surface area contributed by atoms with Crippen molar-refractivity contribution in [2.24, 2.45) is 0 Å². The van der Waals surface area contributed by atoms with Crippen LogP contribution in [0.25, 0.3) is 23.0 Å². The molecule has 0 saturated heterocycles. The Morgan fingerprint density at radius 2 is 1.95 bits per heavy atom. The Kier molecular flexibility index (Phi) is 2.95. The van der Waals surface area contributed by atoms with Crippen molar-refractivity contribution in [3.05, 3.63) is 47.7 Å². The van der Waals surface area contributed by atoms with Gasteiger partial charge >= 0.3 is 0 Å². The summed E-state index contributed by atoms with van der Waals surface area (Å²) in [6.07, 6.45) is 1.73. The fraction of sp³-hybridized carbons (Fsp3) is 0.133. The maximum absolute atomic E-state index is 5.80. The first-order valence-electron chi connectivity index (χ1n) is 6.27. The van der Waals surface area contributed by atoms with Crippen LogP contribution in [0.5, 0.6) is 0 Å². The Labute approximate surface area is 116 Å². The molecule has 0 aliphatic carbocycles. The zero-order valence-corrected chi connectivity index (χ0v) is 11.3. The Morgan fingerprint density at radius 1 is 1.10 bits per heavy atom. The quantitative estimate of drug-likeness (QED) is 0.721. The lowest BCUT2D eigenvalue weighted by atomic mass is 10.1. The van der Waals surface area contributed by atoms with Crippen LogP contribution in [0.2, 0.25) is 0 Å². The van der Waals surface area contributed by atoms with E-state index in [0.29, 0.717) is 17.4 Å². The van der Waals surface area contributed by atoms with Crippen LogP contribution in [0.1, 0.15) is 11.1 Å². The van der Waals surface area contributed by atoms with Gasteiger partial charge in [0.05, 0.1) is 0 Å². The maximum atomic E-state index is 5.80. The maximum Gasteiger partial charge on any atom is 0.258 e. The van der Waals surface area contributed by atoms with E-state index in [9.17, 15) is 0 Å². The summed E-state index contributed by atoms with van der Waals surface area (Å²) in [7, 11) is 0. The molecule has 0 aliphatic rings. The van der Waals surface area contributed by atoms with E-state index in [0.717, 1.165) is 22.4 Å². The molecule has 0 spiro atoms. The fourth-order valence-electron chi connectivity index (χ4n) is 1.91. The topological polar surface area (TPSA) is 77.8 Å². The summed E-state index contributed by atoms with van der Waals surface area (Å²) in [5, 5.41) is 3.98. The molecule has 5 nitrogen and oxygen atoms in total. The van der Waals surface area contributed by atoms with Crippen LogP contribution in [0, 0.1) is 13.8 Å². The average molecular weight is 266 g/mol. The monoisotopic (exact) mass is 266 g/mol. The zero-order valence-electron chi connectivity index (χ0n) is 11.3. The molecule has 2 N–H and O–H groups in total. The summed E-state index contributed by atoms with van der Waals surface area (Å²) in [5.41, 5.74) is 10.2. The molecule has 0 unspecified atom stereocenters. The molecular formula is C15H14N4O. The molecule has 0 fully saturated rings. The molecular weight excluding hydrogens is 252 g/mol. The highest BCUT2D eigenvalue weighted by atomic mass is 16.5. The number of nitrogens with zero attached hydrogens (tertiary/aromatic N) is 3. The van der Waals surface area contributed by atoms with E-state index in [1.807, 2.05) is 44.2 Å². The minimum absolute atomic E-state index is 0.464.